The van der Waals surface area contributed by atoms with Crippen LogP contribution in [0.15, 0.2) is 24.3 Å². The van der Waals surface area contributed by atoms with E-state index in [-0.39, 0.29) is 18.2 Å². The Morgan fingerprint density at radius 1 is 1.25 bits per heavy atom. The van der Waals surface area contributed by atoms with Crippen molar-refractivity contribution in [2.45, 2.75) is 12.7 Å². The molecule has 2 rings (SSSR count). The summed E-state index contributed by atoms with van der Waals surface area (Å²) in [6.45, 7) is -0.299. The average molecular weight is 311 g/mol. The quantitative estimate of drug-likeness (QED) is 0.905. The van der Waals surface area contributed by atoms with Crippen molar-refractivity contribution in [3.05, 3.63) is 29.8 Å². The molecule has 0 amide bonds. The summed E-state index contributed by atoms with van der Waals surface area (Å²) in [5.41, 5.74) is 0.669. The standard InChI is InChI=1S/C13H17F3N2O.ClH/c14-9-12(18-6-4-17-5-7-18)10-2-1-3-11(8-10)19-13(15)16;/h1-3,8,12-13,17H,4-7,9H2;1H/t12-;/m1./s1. The van der Waals surface area contributed by atoms with Gasteiger partial charge >= 0.3 is 6.61 Å². The third-order valence-corrected chi connectivity index (χ3v) is 3.21. The fourth-order valence-corrected chi connectivity index (χ4v) is 2.29. The van der Waals surface area contributed by atoms with Crippen LogP contribution >= 0.6 is 12.4 Å². The van der Waals surface area contributed by atoms with Crippen molar-refractivity contribution >= 4 is 12.4 Å². The first-order valence-electron chi connectivity index (χ1n) is 6.26. The van der Waals surface area contributed by atoms with Gasteiger partial charge in [0.25, 0.3) is 0 Å². The van der Waals surface area contributed by atoms with Crippen LogP contribution in [0.1, 0.15) is 11.6 Å². The lowest BCUT2D eigenvalue weighted by atomic mass is 10.1. The van der Waals surface area contributed by atoms with Gasteiger partial charge in [-0.3, -0.25) is 4.90 Å². The molecule has 1 heterocycles. The second-order valence-corrected chi connectivity index (χ2v) is 4.41. The van der Waals surface area contributed by atoms with Crippen molar-refractivity contribution < 1.29 is 17.9 Å². The first-order valence-corrected chi connectivity index (χ1v) is 6.26. The van der Waals surface area contributed by atoms with E-state index in [0.717, 1.165) is 26.2 Å². The normalized spacial score (nSPS) is 17.6. The van der Waals surface area contributed by atoms with E-state index in [4.69, 9.17) is 0 Å². The minimum Gasteiger partial charge on any atom is -0.435 e. The fraction of sp³-hybridized carbons (Fsp3) is 0.538. The van der Waals surface area contributed by atoms with E-state index in [1.165, 1.54) is 12.1 Å². The highest BCUT2D eigenvalue weighted by Crippen LogP contribution is 2.25. The minimum absolute atomic E-state index is 0. The maximum absolute atomic E-state index is 13.3. The van der Waals surface area contributed by atoms with Gasteiger partial charge in [0, 0.05) is 26.2 Å². The van der Waals surface area contributed by atoms with Crippen LogP contribution in [0.3, 0.4) is 0 Å². The van der Waals surface area contributed by atoms with Gasteiger partial charge in [0.2, 0.25) is 0 Å². The molecule has 20 heavy (non-hydrogen) atoms. The minimum atomic E-state index is -2.86. The van der Waals surface area contributed by atoms with E-state index in [1.54, 1.807) is 12.1 Å². The molecule has 1 aromatic carbocycles. The SMILES string of the molecule is Cl.FC[C@H](c1cccc(OC(F)F)c1)N1CCNCC1. The molecule has 7 heteroatoms. The highest BCUT2D eigenvalue weighted by molar-refractivity contribution is 5.85. The topological polar surface area (TPSA) is 24.5 Å². The summed E-state index contributed by atoms with van der Waals surface area (Å²) in [5, 5.41) is 3.19. The van der Waals surface area contributed by atoms with E-state index in [2.05, 4.69) is 10.1 Å². The van der Waals surface area contributed by atoms with Gasteiger partial charge in [-0.2, -0.15) is 8.78 Å². The Labute approximate surface area is 122 Å². The number of hydrogen-bond donors (Lipinski definition) is 1. The zero-order chi connectivity index (χ0) is 13.7. The monoisotopic (exact) mass is 310 g/mol. The Morgan fingerprint density at radius 3 is 2.55 bits per heavy atom. The van der Waals surface area contributed by atoms with Crippen LogP contribution in [0, 0.1) is 0 Å². The van der Waals surface area contributed by atoms with Crippen molar-refractivity contribution in [1.82, 2.24) is 10.2 Å². The van der Waals surface area contributed by atoms with Crippen molar-refractivity contribution in [2.24, 2.45) is 0 Å². The molecular formula is C13H18ClF3N2O. The number of hydrogen-bond acceptors (Lipinski definition) is 3. The fourth-order valence-electron chi connectivity index (χ4n) is 2.29. The molecule has 0 saturated carbocycles. The molecule has 3 nitrogen and oxygen atoms in total. The third kappa shape index (κ3) is 4.54. The second kappa shape index (κ2) is 8.34. The molecule has 1 aromatic rings. The Balaban J connectivity index is 0.00000200. The highest BCUT2D eigenvalue weighted by atomic mass is 35.5. The van der Waals surface area contributed by atoms with Crippen molar-refractivity contribution in [3.63, 3.8) is 0 Å². The third-order valence-electron chi connectivity index (χ3n) is 3.21. The summed E-state index contributed by atoms with van der Waals surface area (Å²) in [5.74, 6) is 0.0704. The zero-order valence-corrected chi connectivity index (χ0v) is 11.7. The Kier molecular flexibility index (Phi) is 7.12. The zero-order valence-electron chi connectivity index (χ0n) is 10.9. The van der Waals surface area contributed by atoms with Crippen LogP contribution in [0.5, 0.6) is 5.75 Å². The molecule has 1 atom stereocenters. The molecule has 114 valence electrons. The number of rotatable bonds is 5. The first-order chi connectivity index (χ1) is 9.20. The summed E-state index contributed by atoms with van der Waals surface area (Å²) >= 11 is 0. The Bertz CT molecular complexity index is 403. The summed E-state index contributed by atoms with van der Waals surface area (Å²) in [6.07, 6.45) is 0. The van der Waals surface area contributed by atoms with Crippen LogP contribution in [0.2, 0.25) is 0 Å². The number of alkyl halides is 3. The average Bonchev–Trinajstić information content (AvgIpc) is 2.40. The van der Waals surface area contributed by atoms with E-state index in [1.807, 2.05) is 4.90 Å². The maximum atomic E-state index is 13.3. The lowest BCUT2D eigenvalue weighted by molar-refractivity contribution is -0.0499. The summed E-state index contributed by atoms with van der Waals surface area (Å²) < 4.78 is 42.0. The van der Waals surface area contributed by atoms with Crippen molar-refractivity contribution in [2.75, 3.05) is 32.9 Å². The molecular weight excluding hydrogens is 293 g/mol. The molecule has 1 saturated heterocycles. The van der Waals surface area contributed by atoms with Crippen LogP contribution in [-0.4, -0.2) is 44.4 Å². The van der Waals surface area contributed by atoms with Crippen molar-refractivity contribution in [1.29, 1.82) is 0 Å². The summed E-state index contributed by atoms with van der Waals surface area (Å²) in [6, 6.07) is 5.88. The van der Waals surface area contributed by atoms with Gasteiger partial charge < -0.3 is 10.1 Å². The molecule has 1 aliphatic heterocycles. The molecule has 0 unspecified atom stereocenters. The van der Waals surface area contributed by atoms with Gasteiger partial charge in [-0.25, -0.2) is 4.39 Å². The smallest absolute Gasteiger partial charge is 0.387 e. The summed E-state index contributed by atoms with van der Waals surface area (Å²) in [4.78, 5) is 2.01. The second-order valence-electron chi connectivity index (χ2n) is 4.41. The molecule has 1 N–H and O–H groups in total. The molecule has 0 aliphatic carbocycles. The molecule has 0 bridgehead atoms. The molecule has 1 fully saturated rings. The number of piperazine rings is 1. The van der Waals surface area contributed by atoms with Crippen LogP contribution in [-0.2, 0) is 0 Å². The van der Waals surface area contributed by atoms with Gasteiger partial charge in [0.05, 0.1) is 6.04 Å². The van der Waals surface area contributed by atoms with Gasteiger partial charge in [-0.1, -0.05) is 12.1 Å². The molecule has 1 aliphatic rings. The molecule has 0 radical (unpaired) electrons. The van der Waals surface area contributed by atoms with Crippen LogP contribution in [0.4, 0.5) is 13.2 Å². The maximum Gasteiger partial charge on any atom is 0.387 e. The molecule has 0 aromatic heterocycles. The van der Waals surface area contributed by atoms with Crippen LogP contribution < -0.4 is 10.1 Å². The number of benzene rings is 1. The van der Waals surface area contributed by atoms with E-state index in [0.29, 0.717) is 5.56 Å². The number of ether oxygens (including phenoxy) is 1. The number of nitrogens with zero attached hydrogens (tertiary/aromatic N) is 1. The lowest BCUT2D eigenvalue weighted by Gasteiger charge is -2.33. The predicted molar refractivity (Wildman–Crippen MR) is 73.5 cm³/mol. The predicted octanol–water partition coefficient (Wildman–Crippen LogP) is 2.63. The van der Waals surface area contributed by atoms with Crippen molar-refractivity contribution in [3.8, 4) is 5.75 Å². The van der Waals surface area contributed by atoms with Gasteiger partial charge in [-0.15, -0.1) is 12.4 Å². The van der Waals surface area contributed by atoms with Crippen LogP contribution in [0.25, 0.3) is 0 Å². The van der Waals surface area contributed by atoms with Gasteiger partial charge in [-0.05, 0) is 17.7 Å². The Hall–Kier alpha value is -0.980. The highest BCUT2D eigenvalue weighted by Gasteiger charge is 2.22. The van der Waals surface area contributed by atoms with E-state index >= 15 is 0 Å². The number of halogens is 4. The number of nitrogens with one attached hydrogen (secondary N) is 1. The molecule has 0 spiro atoms. The van der Waals surface area contributed by atoms with E-state index in [9.17, 15) is 13.2 Å². The van der Waals surface area contributed by atoms with Gasteiger partial charge in [0.1, 0.15) is 12.4 Å². The Morgan fingerprint density at radius 2 is 1.95 bits per heavy atom. The van der Waals surface area contributed by atoms with E-state index < -0.39 is 19.3 Å². The van der Waals surface area contributed by atoms with Gasteiger partial charge in [0.15, 0.2) is 0 Å². The first kappa shape index (κ1) is 17.1. The lowest BCUT2D eigenvalue weighted by Crippen LogP contribution is -2.45. The largest absolute Gasteiger partial charge is 0.435 e. The summed E-state index contributed by atoms with van der Waals surface area (Å²) in [7, 11) is 0.